The lowest BCUT2D eigenvalue weighted by Crippen LogP contribution is -2.26. The summed E-state index contributed by atoms with van der Waals surface area (Å²) in [6.07, 6.45) is -2.43. The van der Waals surface area contributed by atoms with Crippen molar-refractivity contribution >= 4 is 11.6 Å². The second-order valence-electron chi connectivity index (χ2n) is 6.52. The van der Waals surface area contributed by atoms with E-state index in [4.69, 9.17) is 5.73 Å². The predicted octanol–water partition coefficient (Wildman–Crippen LogP) is 4.13. The maximum Gasteiger partial charge on any atom is 0.416 e. The summed E-state index contributed by atoms with van der Waals surface area (Å²) in [5.74, 6) is -0.237. The van der Waals surface area contributed by atoms with Gasteiger partial charge in [0.1, 0.15) is 0 Å². The van der Waals surface area contributed by atoms with Crippen molar-refractivity contribution in [1.29, 1.82) is 0 Å². The monoisotopic (exact) mass is 348 g/mol. The maximum atomic E-state index is 13.0. The molecular formula is C19H19F3N2O. The zero-order valence-electron chi connectivity index (χ0n) is 13.6. The largest absolute Gasteiger partial charge is 0.416 e. The smallest absolute Gasteiger partial charge is 0.326 e. The number of hydrogen-bond acceptors (Lipinski definition) is 2. The number of carbonyl (C=O) groups is 1. The number of nitrogens with one attached hydrogen (secondary N) is 1. The molecule has 1 saturated carbocycles. The third kappa shape index (κ3) is 4.02. The molecule has 0 unspecified atom stereocenters. The van der Waals surface area contributed by atoms with Gasteiger partial charge in [0.2, 0.25) is 5.91 Å². The van der Waals surface area contributed by atoms with E-state index in [1.54, 1.807) is 0 Å². The topological polar surface area (TPSA) is 55.1 Å². The minimum absolute atomic E-state index is 0.0258. The van der Waals surface area contributed by atoms with Gasteiger partial charge < -0.3 is 11.1 Å². The van der Waals surface area contributed by atoms with E-state index in [0.717, 1.165) is 30.5 Å². The molecular weight excluding hydrogens is 329 g/mol. The standard InChI is InChI=1S/C19H19F3N2O/c20-19(21,22)15-8-14(12-23)9-16(10-15)24-17(25)18(6-7-18)11-13-4-2-1-3-5-13/h1-5,8-10H,6-7,11-12,23H2,(H,24,25). The average Bonchev–Trinajstić information content (AvgIpc) is 3.35. The lowest BCUT2D eigenvalue weighted by Gasteiger charge is -2.17. The fourth-order valence-electron chi connectivity index (χ4n) is 2.93. The van der Waals surface area contributed by atoms with Gasteiger partial charge in [0.15, 0.2) is 0 Å². The van der Waals surface area contributed by atoms with Gasteiger partial charge in [0.25, 0.3) is 0 Å². The number of hydrogen-bond donors (Lipinski definition) is 2. The summed E-state index contributed by atoms with van der Waals surface area (Å²) in [6, 6.07) is 13.1. The highest BCUT2D eigenvalue weighted by Crippen LogP contribution is 2.49. The molecule has 25 heavy (non-hydrogen) atoms. The summed E-state index contributed by atoms with van der Waals surface area (Å²) in [7, 11) is 0. The first-order chi connectivity index (χ1) is 11.8. The number of benzene rings is 2. The molecule has 0 heterocycles. The first kappa shape index (κ1) is 17.5. The van der Waals surface area contributed by atoms with Crippen LogP contribution in [0, 0.1) is 5.41 Å². The molecule has 0 aromatic heterocycles. The molecule has 6 heteroatoms. The Balaban J connectivity index is 1.79. The van der Waals surface area contributed by atoms with Crippen molar-refractivity contribution in [3.63, 3.8) is 0 Å². The number of amides is 1. The molecule has 0 aliphatic heterocycles. The molecule has 0 radical (unpaired) electrons. The third-order valence-electron chi connectivity index (χ3n) is 4.53. The minimum Gasteiger partial charge on any atom is -0.326 e. The number of halogens is 3. The summed E-state index contributed by atoms with van der Waals surface area (Å²) < 4.78 is 39.0. The van der Waals surface area contributed by atoms with Crippen LogP contribution in [-0.2, 0) is 23.9 Å². The van der Waals surface area contributed by atoms with Crippen molar-refractivity contribution in [3.05, 3.63) is 65.2 Å². The van der Waals surface area contributed by atoms with Crippen LogP contribution < -0.4 is 11.1 Å². The van der Waals surface area contributed by atoms with E-state index in [1.165, 1.54) is 6.07 Å². The van der Waals surface area contributed by atoms with Gasteiger partial charge in [-0.15, -0.1) is 0 Å². The van der Waals surface area contributed by atoms with Gasteiger partial charge >= 0.3 is 6.18 Å². The molecule has 3 nitrogen and oxygen atoms in total. The average molecular weight is 348 g/mol. The van der Waals surface area contributed by atoms with E-state index in [9.17, 15) is 18.0 Å². The first-order valence-corrected chi connectivity index (χ1v) is 8.09. The summed E-state index contributed by atoms with van der Waals surface area (Å²) in [5.41, 5.74) is 5.66. The predicted molar refractivity (Wildman–Crippen MR) is 89.8 cm³/mol. The molecule has 0 spiro atoms. The van der Waals surface area contributed by atoms with Crippen LogP contribution in [0.15, 0.2) is 48.5 Å². The van der Waals surface area contributed by atoms with Gasteiger partial charge in [-0.05, 0) is 48.6 Å². The molecule has 2 aromatic rings. The van der Waals surface area contributed by atoms with Crippen molar-refractivity contribution in [2.24, 2.45) is 11.1 Å². The van der Waals surface area contributed by atoms with E-state index in [-0.39, 0.29) is 18.1 Å². The Hall–Kier alpha value is -2.34. The van der Waals surface area contributed by atoms with Gasteiger partial charge in [0.05, 0.1) is 11.0 Å². The van der Waals surface area contributed by atoms with E-state index in [2.05, 4.69) is 5.32 Å². The van der Waals surface area contributed by atoms with Crippen molar-refractivity contribution in [2.75, 3.05) is 5.32 Å². The number of alkyl halides is 3. The molecule has 3 rings (SSSR count). The lowest BCUT2D eigenvalue weighted by molar-refractivity contribution is -0.137. The van der Waals surface area contributed by atoms with Crippen LogP contribution >= 0.6 is 0 Å². The van der Waals surface area contributed by atoms with Crippen molar-refractivity contribution in [1.82, 2.24) is 0 Å². The van der Waals surface area contributed by atoms with Crippen molar-refractivity contribution in [3.8, 4) is 0 Å². The van der Waals surface area contributed by atoms with Crippen LogP contribution in [0.2, 0.25) is 0 Å². The molecule has 2 aromatic carbocycles. The number of carbonyl (C=O) groups excluding carboxylic acids is 1. The molecule has 1 fully saturated rings. The summed E-state index contributed by atoms with van der Waals surface area (Å²) in [4.78, 5) is 12.6. The van der Waals surface area contributed by atoms with Gasteiger partial charge in [-0.1, -0.05) is 30.3 Å². The Morgan fingerprint density at radius 3 is 2.32 bits per heavy atom. The third-order valence-corrected chi connectivity index (χ3v) is 4.53. The van der Waals surface area contributed by atoms with Gasteiger partial charge in [0, 0.05) is 12.2 Å². The van der Waals surface area contributed by atoms with E-state index in [1.807, 2.05) is 30.3 Å². The molecule has 0 bridgehead atoms. The molecule has 3 N–H and O–H groups in total. The van der Waals surface area contributed by atoms with Gasteiger partial charge in [-0.3, -0.25) is 4.79 Å². The maximum absolute atomic E-state index is 13.0. The van der Waals surface area contributed by atoms with Gasteiger partial charge in [-0.2, -0.15) is 13.2 Å². The Morgan fingerprint density at radius 2 is 1.76 bits per heavy atom. The second kappa shape index (κ2) is 6.52. The zero-order valence-corrected chi connectivity index (χ0v) is 13.6. The van der Waals surface area contributed by atoms with Crippen LogP contribution in [-0.4, -0.2) is 5.91 Å². The minimum atomic E-state index is -4.48. The van der Waals surface area contributed by atoms with Crippen LogP contribution in [0.25, 0.3) is 0 Å². The zero-order chi connectivity index (χ0) is 18.1. The Kier molecular flexibility index (Phi) is 4.56. The SMILES string of the molecule is NCc1cc(NC(=O)C2(Cc3ccccc3)CC2)cc(C(F)(F)F)c1. The van der Waals surface area contributed by atoms with Crippen molar-refractivity contribution in [2.45, 2.75) is 32.0 Å². The fourth-order valence-corrected chi connectivity index (χ4v) is 2.93. The number of anilines is 1. The quantitative estimate of drug-likeness (QED) is 0.854. The summed E-state index contributed by atoms with van der Waals surface area (Å²) in [5, 5.41) is 2.66. The highest BCUT2D eigenvalue weighted by Gasteiger charge is 2.49. The Labute approximate surface area is 144 Å². The Bertz CT molecular complexity index is 768. The fraction of sp³-hybridized carbons (Fsp3) is 0.316. The lowest BCUT2D eigenvalue weighted by atomic mass is 9.95. The molecule has 0 atom stereocenters. The molecule has 1 aliphatic rings. The molecule has 132 valence electrons. The molecule has 1 amide bonds. The van der Waals surface area contributed by atoms with Crippen LogP contribution in [0.3, 0.4) is 0 Å². The van der Waals surface area contributed by atoms with Crippen LogP contribution in [0.1, 0.15) is 29.5 Å². The number of nitrogens with two attached hydrogens (primary N) is 1. The molecule has 1 aliphatic carbocycles. The van der Waals surface area contributed by atoms with E-state index < -0.39 is 17.2 Å². The summed E-state index contributed by atoms with van der Waals surface area (Å²) >= 11 is 0. The first-order valence-electron chi connectivity index (χ1n) is 8.09. The normalized spacial score (nSPS) is 15.7. The van der Waals surface area contributed by atoms with Crippen LogP contribution in [0.4, 0.5) is 18.9 Å². The van der Waals surface area contributed by atoms with Gasteiger partial charge in [-0.25, -0.2) is 0 Å². The van der Waals surface area contributed by atoms with Crippen molar-refractivity contribution < 1.29 is 18.0 Å². The highest BCUT2D eigenvalue weighted by atomic mass is 19.4. The molecule has 0 saturated heterocycles. The number of rotatable bonds is 5. The summed E-state index contributed by atoms with van der Waals surface area (Å²) in [6.45, 7) is -0.0258. The van der Waals surface area contributed by atoms with E-state index >= 15 is 0 Å². The highest BCUT2D eigenvalue weighted by molar-refractivity contribution is 5.97. The van der Waals surface area contributed by atoms with E-state index in [0.29, 0.717) is 12.0 Å². The second-order valence-corrected chi connectivity index (χ2v) is 6.52. The Morgan fingerprint density at radius 1 is 1.08 bits per heavy atom. The van der Waals surface area contributed by atoms with Crippen LogP contribution in [0.5, 0.6) is 0 Å².